The minimum Gasteiger partial charge on any atom is -0.396 e. The number of amides is 1. The fourth-order valence-electron chi connectivity index (χ4n) is 1.62. The summed E-state index contributed by atoms with van der Waals surface area (Å²) < 4.78 is 13.3. The number of rotatable bonds is 2. The zero-order chi connectivity index (χ0) is 13.1. The lowest BCUT2D eigenvalue weighted by Gasteiger charge is -2.17. The molecule has 0 saturated heterocycles. The average molecular weight is 244 g/mol. The number of halogens is 1. The summed E-state index contributed by atoms with van der Waals surface area (Å²) in [4.78, 5) is 13.6. The largest absolute Gasteiger partial charge is 0.396 e. The molecule has 0 atom stereocenters. The molecule has 3 nitrogen and oxygen atoms in total. The number of carbonyl (C=O) groups is 1. The van der Waals surface area contributed by atoms with Crippen LogP contribution < -0.4 is 10.6 Å². The zero-order valence-electron chi connectivity index (χ0n) is 9.93. The van der Waals surface area contributed by atoms with Crippen LogP contribution in [0.4, 0.5) is 15.8 Å². The van der Waals surface area contributed by atoms with Crippen LogP contribution in [0.3, 0.4) is 0 Å². The van der Waals surface area contributed by atoms with Gasteiger partial charge >= 0.3 is 0 Å². The molecule has 4 heteroatoms. The zero-order valence-corrected chi connectivity index (χ0v) is 9.93. The predicted octanol–water partition coefficient (Wildman–Crippen LogP) is 2.68. The van der Waals surface area contributed by atoms with Gasteiger partial charge in [0.25, 0.3) is 5.91 Å². The number of hydrogen-bond donors (Lipinski definition) is 1. The Balaban J connectivity index is 2.29. The quantitative estimate of drug-likeness (QED) is 0.825. The molecule has 0 bridgehead atoms. The lowest BCUT2D eigenvalue weighted by Crippen LogP contribution is -2.26. The van der Waals surface area contributed by atoms with Crippen molar-refractivity contribution in [3.8, 4) is 0 Å². The topological polar surface area (TPSA) is 46.3 Å². The van der Waals surface area contributed by atoms with Crippen LogP contribution in [0.5, 0.6) is 0 Å². The molecule has 0 radical (unpaired) electrons. The van der Waals surface area contributed by atoms with Crippen LogP contribution in [-0.2, 0) is 0 Å². The second kappa shape index (κ2) is 4.87. The maximum absolute atomic E-state index is 13.3. The first-order valence-electron chi connectivity index (χ1n) is 5.47. The molecule has 0 aliphatic rings. The highest BCUT2D eigenvalue weighted by Gasteiger charge is 2.14. The Bertz CT molecular complexity index is 569. The first kappa shape index (κ1) is 12.1. The first-order chi connectivity index (χ1) is 8.59. The third kappa shape index (κ3) is 2.32. The van der Waals surface area contributed by atoms with Crippen LogP contribution in [0.25, 0.3) is 0 Å². The summed E-state index contributed by atoms with van der Waals surface area (Å²) in [5.74, 6) is -0.859. The van der Waals surface area contributed by atoms with E-state index >= 15 is 0 Å². The summed E-state index contributed by atoms with van der Waals surface area (Å²) in [7, 11) is 1.64. The van der Waals surface area contributed by atoms with E-state index in [0.717, 1.165) is 11.8 Å². The molecular formula is C14H13FN2O. The normalized spacial score (nSPS) is 10.1. The molecule has 0 aromatic heterocycles. The monoisotopic (exact) mass is 244 g/mol. The molecule has 2 aromatic carbocycles. The Labute approximate surface area is 105 Å². The smallest absolute Gasteiger partial charge is 0.258 e. The van der Waals surface area contributed by atoms with Crippen molar-refractivity contribution < 1.29 is 9.18 Å². The van der Waals surface area contributed by atoms with Crippen molar-refractivity contribution in [1.82, 2.24) is 0 Å². The second-order valence-corrected chi connectivity index (χ2v) is 3.94. The highest BCUT2D eigenvalue weighted by atomic mass is 19.1. The van der Waals surface area contributed by atoms with Crippen molar-refractivity contribution in [2.45, 2.75) is 0 Å². The maximum atomic E-state index is 13.3. The van der Waals surface area contributed by atoms with Crippen LogP contribution in [0.2, 0.25) is 0 Å². The van der Waals surface area contributed by atoms with E-state index < -0.39 is 5.82 Å². The van der Waals surface area contributed by atoms with Crippen molar-refractivity contribution in [3.05, 3.63) is 59.9 Å². The van der Waals surface area contributed by atoms with Gasteiger partial charge in [-0.25, -0.2) is 4.39 Å². The third-order valence-corrected chi connectivity index (χ3v) is 2.70. The molecule has 0 fully saturated rings. The van der Waals surface area contributed by atoms with Gasteiger partial charge in [0, 0.05) is 18.3 Å². The SMILES string of the molecule is CN(C(=O)c1ccc(N)c(F)c1)c1ccccc1. The third-order valence-electron chi connectivity index (χ3n) is 2.70. The lowest BCUT2D eigenvalue weighted by molar-refractivity contribution is 0.0992. The number of nitrogens with two attached hydrogens (primary N) is 1. The van der Waals surface area contributed by atoms with Gasteiger partial charge in [-0.1, -0.05) is 18.2 Å². The van der Waals surface area contributed by atoms with Gasteiger partial charge in [-0.05, 0) is 30.3 Å². The highest BCUT2D eigenvalue weighted by Crippen LogP contribution is 2.17. The fourth-order valence-corrected chi connectivity index (χ4v) is 1.62. The molecule has 2 N–H and O–H groups in total. The molecule has 2 aromatic rings. The van der Waals surface area contributed by atoms with E-state index in [1.165, 1.54) is 17.0 Å². The summed E-state index contributed by atoms with van der Waals surface area (Å²) in [5.41, 5.74) is 6.43. The van der Waals surface area contributed by atoms with Gasteiger partial charge in [-0.2, -0.15) is 0 Å². The van der Waals surface area contributed by atoms with E-state index in [0.29, 0.717) is 0 Å². The Morgan fingerprint density at radius 3 is 2.44 bits per heavy atom. The van der Waals surface area contributed by atoms with Gasteiger partial charge in [0.15, 0.2) is 0 Å². The highest BCUT2D eigenvalue weighted by molar-refractivity contribution is 6.05. The molecule has 2 rings (SSSR count). The lowest BCUT2D eigenvalue weighted by atomic mass is 10.1. The van der Waals surface area contributed by atoms with Crippen molar-refractivity contribution >= 4 is 17.3 Å². The maximum Gasteiger partial charge on any atom is 0.258 e. The molecule has 0 heterocycles. The van der Waals surface area contributed by atoms with Crippen LogP contribution in [-0.4, -0.2) is 13.0 Å². The van der Waals surface area contributed by atoms with Gasteiger partial charge in [0.1, 0.15) is 5.82 Å². The van der Waals surface area contributed by atoms with Gasteiger partial charge in [0.05, 0.1) is 5.69 Å². The molecule has 92 valence electrons. The van der Waals surface area contributed by atoms with Crippen molar-refractivity contribution in [1.29, 1.82) is 0 Å². The van der Waals surface area contributed by atoms with E-state index in [4.69, 9.17) is 5.73 Å². The number of nitrogens with zero attached hydrogens (tertiary/aromatic N) is 1. The molecule has 0 unspecified atom stereocenters. The number of nitrogen functional groups attached to an aromatic ring is 1. The van der Waals surface area contributed by atoms with Crippen molar-refractivity contribution in [2.24, 2.45) is 0 Å². The first-order valence-corrected chi connectivity index (χ1v) is 5.47. The Kier molecular flexibility index (Phi) is 3.28. The predicted molar refractivity (Wildman–Crippen MR) is 70.0 cm³/mol. The summed E-state index contributed by atoms with van der Waals surface area (Å²) in [6.07, 6.45) is 0. The van der Waals surface area contributed by atoms with Crippen LogP contribution in [0, 0.1) is 5.82 Å². The number of benzene rings is 2. The molecule has 0 spiro atoms. The van der Waals surface area contributed by atoms with Gasteiger partial charge in [-0.3, -0.25) is 4.79 Å². The number of carbonyl (C=O) groups excluding carboxylic acids is 1. The summed E-state index contributed by atoms with van der Waals surface area (Å²) in [6, 6.07) is 13.2. The van der Waals surface area contributed by atoms with E-state index in [1.54, 1.807) is 7.05 Å². The van der Waals surface area contributed by atoms with Gasteiger partial charge in [0.2, 0.25) is 0 Å². The molecule has 0 aliphatic heterocycles. The molecule has 0 aliphatic carbocycles. The van der Waals surface area contributed by atoms with Crippen molar-refractivity contribution in [3.63, 3.8) is 0 Å². The fraction of sp³-hybridized carbons (Fsp3) is 0.0714. The molecular weight excluding hydrogens is 231 g/mol. The Hall–Kier alpha value is -2.36. The minimum atomic E-state index is -0.581. The number of hydrogen-bond acceptors (Lipinski definition) is 2. The molecule has 1 amide bonds. The molecule has 0 saturated carbocycles. The average Bonchev–Trinajstić information content (AvgIpc) is 2.41. The van der Waals surface area contributed by atoms with E-state index in [9.17, 15) is 9.18 Å². The number of anilines is 2. The van der Waals surface area contributed by atoms with E-state index in [2.05, 4.69) is 0 Å². The number of para-hydroxylation sites is 1. The van der Waals surface area contributed by atoms with E-state index in [-0.39, 0.29) is 17.2 Å². The van der Waals surface area contributed by atoms with Gasteiger partial charge in [-0.15, -0.1) is 0 Å². The standard InChI is InChI=1S/C14H13FN2O/c1-17(11-5-3-2-4-6-11)14(18)10-7-8-13(16)12(15)9-10/h2-9H,16H2,1H3. The van der Waals surface area contributed by atoms with Gasteiger partial charge < -0.3 is 10.6 Å². The summed E-state index contributed by atoms with van der Waals surface area (Å²) >= 11 is 0. The van der Waals surface area contributed by atoms with E-state index in [1.807, 2.05) is 30.3 Å². The Morgan fingerprint density at radius 1 is 1.17 bits per heavy atom. The van der Waals surface area contributed by atoms with Crippen LogP contribution >= 0.6 is 0 Å². The second-order valence-electron chi connectivity index (χ2n) is 3.94. The summed E-state index contributed by atoms with van der Waals surface area (Å²) in [6.45, 7) is 0. The van der Waals surface area contributed by atoms with Crippen LogP contribution in [0.15, 0.2) is 48.5 Å². The Morgan fingerprint density at radius 2 is 1.83 bits per heavy atom. The van der Waals surface area contributed by atoms with Crippen molar-refractivity contribution in [2.75, 3.05) is 17.7 Å². The van der Waals surface area contributed by atoms with Crippen LogP contribution in [0.1, 0.15) is 10.4 Å². The minimum absolute atomic E-state index is 0.0360. The summed E-state index contributed by atoms with van der Waals surface area (Å²) in [5, 5.41) is 0. The molecule has 18 heavy (non-hydrogen) atoms.